The van der Waals surface area contributed by atoms with E-state index in [1.165, 1.54) is 37.0 Å². The summed E-state index contributed by atoms with van der Waals surface area (Å²) in [5.74, 6) is 0. The van der Waals surface area contributed by atoms with Crippen LogP contribution in [-0.4, -0.2) is 9.97 Å². The summed E-state index contributed by atoms with van der Waals surface area (Å²) in [6, 6.07) is 17.7. The Morgan fingerprint density at radius 2 is 1.81 bits per heavy atom. The standard InChI is InChI=1S/C27H22N3S/c1-3-26-11-12-27(26,4-2)30-22(16-29-21-9-7-13-28-25(21)30)19-14-18-17-8-5-6-10-23(17)31-24(18)15-20(19)26/h5-16H,3-4H2,1-2H3/q+1. The van der Waals surface area contributed by atoms with E-state index in [9.17, 15) is 0 Å². The lowest BCUT2D eigenvalue weighted by Gasteiger charge is -2.55. The van der Waals surface area contributed by atoms with Crippen molar-refractivity contribution < 1.29 is 4.57 Å². The van der Waals surface area contributed by atoms with Crippen molar-refractivity contribution in [1.82, 2.24) is 9.97 Å². The fourth-order valence-electron chi connectivity index (χ4n) is 6.19. The summed E-state index contributed by atoms with van der Waals surface area (Å²) in [5.41, 5.74) is 5.71. The number of hydrogen-bond acceptors (Lipinski definition) is 3. The number of aromatic nitrogens is 3. The van der Waals surface area contributed by atoms with Gasteiger partial charge in [0.05, 0.1) is 11.6 Å². The van der Waals surface area contributed by atoms with Crippen molar-refractivity contribution in [2.24, 2.45) is 0 Å². The zero-order valence-corrected chi connectivity index (χ0v) is 18.4. The fraction of sp³-hybridized carbons (Fsp3) is 0.222. The van der Waals surface area contributed by atoms with Crippen LogP contribution in [0.4, 0.5) is 0 Å². The number of benzene rings is 2. The molecule has 3 aromatic heterocycles. The molecule has 0 radical (unpaired) electrons. The molecule has 3 nitrogen and oxygen atoms in total. The normalized spacial score (nSPS) is 23.5. The summed E-state index contributed by atoms with van der Waals surface area (Å²) in [6.07, 6.45) is 10.9. The number of pyridine rings is 1. The zero-order valence-electron chi connectivity index (χ0n) is 17.6. The molecule has 1 aliphatic carbocycles. The highest BCUT2D eigenvalue weighted by atomic mass is 32.1. The van der Waals surface area contributed by atoms with Crippen LogP contribution in [0.1, 0.15) is 32.3 Å². The maximum absolute atomic E-state index is 4.82. The second kappa shape index (κ2) is 5.77. The maximum Gasteiger partial charge on any atom is 0.350 e. The van der Waals surface area contributed by atoms with Crippen LogP contribution in [0.5, 0.6) is 0 Å². The van der Waals surface area contributed by atoms with Gasteiger partial charge in [-0.3, -0.25) is 0 Å². The molecular formula is C27H22N3S+. The minimum atomic E-state index is -0.107. The molecule has 0 spiro atoms. The molecule has 4 heterocycles. The van der Waals surface area contributed by atoms with E-state index in [0.29, 0.717) is 0 Å². The molecule has 2 aliphatic rings. The highest BCUT2D eigenvalue weighted by Crippen LogP contribution is 2.58. The number of rotatable bonds is 2. The van der Waals surface area contributed by atoms with Crippen LogP contribution >= 0.6 is 11.3 Å². The highest BCUT2D eigenvalue weighted by molar-refractivity contribution is 7.25. The molecule has 2 aromatic carbocycles. The van der Waals surface area contributed by atoms with Gasteiger partial charge in [-0.05, 0) is 59.8 Å². The SMILES string of the molecule is CCC12C=CC1(CC)[n+]1c(cnc3cccnc31)-c1cc3c(cc12)sc1ccccc13. The van der Waals surface area contributed by atoms with Gasteiger partial charge in [-0.1, -0.05) is 38.1 Å². The number of thiophene rings is 1. The van der Waals surface area contributed by atoms with Crippen molar-refractivity contribution in [3.05, 3.63) is 78.6 Å². The van der Waals surface area contributed by atoms with E-state index in [2.05, 4.69) is 79.2 Å². The highest BCUT2D eigenvalue weighted by Gasteiger charge is 2.62. The van der Waals surface area contributed by atoms with Crippen molar-refractivity contribution >= 4 is 42.7 Å². The minimum absolute atomic E-state index is 0.0229. The van der Waals surface area contributed by atoms with Gasteiger partial charge in [-0.2, -0.15) is 0 Å². The van der Waals surface area contributed by atoms with Gasteiger partial charge in [0.1, 0.15) is 11.7 Å². The molecule has 1 aliphatic heterocycles. The molecule has 31 heavy (non-hydrogen) atoms. The second-order valence-electron chi connectivity index (χ2n) is 8.75. The average molecular weight is 421 g/mol. The average Bonchev–Trinajstić information content (AvgIpc) is 3.16. The first-order chi connectivity index (χ1) is 15.2. The van der Waals surface area contributed by atoms with E-state index in [1.807, 2.05) is 23.6 Å². The molecule has 150 valence electrons. The quantitative estimate of drug-likeness (QED) is 0.248. The third-order valence-electron chi connectivity index (χ3n) is 7.73. The monoisotopic (exact) mass is 420 g/mol. The number of allylic oxidation sites excluding steroid dienone is 2. The Kier molecular flexibility index (Phi) is 3.27. The minimum Gasteiger partial charge on any atom is -0.244 e. The summed E-state index contributed by atoms with van der Waals surface area (Å²) < 4.78 is 5.21. The predicted molar refractivity (Wildman–Crippen MR) is 127 cm³/mol. The summed E-state index contributed by atoms with van der Waals surface area (Å²) >= 11 is 1.90. The maximum atomic E-state index is 4.82. The first kappa shape index (κ1) is 17.6. The van der Waals surface area contributed by atoms with Gasteiger partial charge in [0.2, 0.25) is 0 Å². The van der Waals surface area contributed by atoms with Gasteiger partial charge in [0, 0.05) is 25.7 Å². The smallest absolute Gasteiger partial charge is 0.244 e. The molecule has 0 bridgehead atoms. The summed E-state index contributed by atoms with van der Waals surface area (Å²) in [4.78, 5) is 9.63. The first-order valence-electron chi connectivity index (χ1n) is 11.1. The molecule has 0 N–H and O–H groups in total. The predicted octanol–water partition coefficient (Wildman–Crippen LogP) is 6.29. The van der Waals surface area contributed by atoms with E-state index in [1.54, 1.807) is 0 Å². The zero-order chi connectivity index (χ0) is 20.8. The van der Waals surface area contributed by atoms with E-state index in [0.717, 1.165) is 24.0 Å². The topological polar surface area (TPSA) is 29.7 Å². The van der Waals surface area contributed by atoms with Crippen molar-refractivity contribution in [1.29, 1.82) is 0 Å². The van der Waals surface area contributed by atoms with Crippen LogP contribution in [0.15, 0.2) is 73.1 Å². The Balaban J connectivity index is 1.69. The van der Waals surface area contributed by atoms with Crippen LogP contribution < -0.4 is 4.57 Å². The number of fused-ring (bicyclic) bond motifs is 11. The van der Waals surface area contributed by atoms with Gasteiger partial charge < -0.3 is 0 Å². The van der Waals surface area contributed by atoms with E-state index in [4.69, 9.17) is 9.97 Å². The molecule has 0 saturated carbocycles. The molecule has 0 saturated heterocycles. The Bertz CT molecular complexity index is 1580. The van der Waals surface area contributed by atoms with Crippen LogP contribution in [0.25, 0.3) is 42.6 Å². The molecule has 5 aromatic rings. The Labute approximate surface area is 184 Å². The number of nitrogens with zero attached hydrogens (tertiary/aromatic N) is 3. The summed E-state index contributed by atoms with van der Waals surface area (Å²) in [6.45, 7) is 4.64. The first-order valence-corrected chi connectivity index (χ1v) is 11.9. The summed E-state index contributed by atoms with van der Waals surface area (Å²) in [5, 5.41) is 2.68. The van der Waals surface area contributed by atoms with Crippen LogP contribution in [0, 0.1) is 0 Å². The third-order valence-corrected chi connectivity index (χ3v) is 8.86. The molecular weight excluding hydrogens is 398 g/mol. The Morgan fingerprint density at radius 3 is 2.61 bits per heavy atom. The van der Waals surface area contributed by atoms with Gasteiger partial charge in [-0.25, -0.2) is 9.55 Å². The van der Waals surface area contributed by atoms with Crippen molar-refractivity contribution in [2.75, 3.05) is 0 Å². The van der Waals surface area contributed by atoms with E-state index in [-0.39, 0.29) is 11.0 Å². The molecule has 2 unspecified atom stereocenters. The Morgan fingerprint density at radius 1 is 0.903 bits per heavy atom. The van der Waals surface area contributed by atoms with Gasteiger partial charge >= 0.3 is 5.65 Å². The van der Waals surface area contributed by atoms with Crippen LogP contribution in [0.3, 0.4) is 0 Å². The molecule has 4 heteroatoms. The van der Waals surface area contributed by atoms with Gasteiger partial charge in [-0.15, -0.1) is 11.3 Å². The van der Waals surface area contributed by atoms with Crippen molar-refractivity contribution in [2.45, 2.75) is 37.6 Å². The third kappa shape index (κ3) is 1.89. The summed E-state index contributed by atoms with van der Waals surface area (Å²) in [7, 11) is 0. The molecule has 0 fully saturated rings. The lowest BCUT2D eigenvalue weighted by Crippen LogP contribution is -2.72. The molecule has 0 amide bonds. The number of hydrogen-bond donors (Lipinski definition) is 0. The second-order valence-corrected chi connectivity index (χ2v) is 9.84. The lowest BCUT2D eigenvalue weighted by atomic mass is 9.52. The van der Waals surface area contributed by atoms with Gasteiger partial charge in [0.25, 0.3) is 0 Å². The molecule has 2 atom stereocenters. The molecule has 7 rings (SSSR count). The van der Waals surface area contributed by atoms with E-state index < -0.39 is 0 Å². The van der Waals surface area contributed by atoms with Crippen LogP contribution in [-0.2, 0) is 11.0 Å². The van der Waals surface area contributed by atoms with E-state index >= 15 is 0 Å². The Hall–Kier alpha value is -3.11. The van der Waals surface area contributed by atoms with Crippen molar-refractivity contribution in [3.8, 4) is 11.3 Å². The largest absolute Gasteiger partial charge is 0.350 e. The lowest BCUT2D eigenvalue weighted by molar-refractivity contribution is -0.738. The fourth-order valence-corrected chi connectivity index (χ4v) is 7.32. The van der Waals surface area contributed by atoms with Gasteiger partial charge in [0.15, 0.2) is 11.2 Å². The van der Waals surface area contributed by atoms with Crippen LogP contribution in [0.2, 0.25) is 0 Å². The van der Waals surface area contributed by atoms with Crippen molar-refractivity contribution in [3.63, 3.8) is 0 Å².